The summed E-state index contributed by atoms with van der Waals surface area (Å²) in [5.74, 6) is 0.400. The molecule has 1 atom stereocenters. The molecule has 1 aliphatic rings. The lowest BCUT2D eigenvalue weighted by Crippen LogP contribution is -2.30. The molecule has 2 amide bonds. The summed E-state index contributed by atoms with van der Waals surface area (Å²) in [5.41, 5.74) is 1.26. The summed E-state index contributed by atoms with van der Waals surface area (Å²) in [5, 5.41) is 6.19. The predicted molar refractivity (Wildman–Crippen MR) is 98.0 cm³/mol. The van der Waals surface area contributed by atoms with Gasteiger partial charge in [-0.1, -0.05) is 23.7 Å². The van der Waals surface area contributed by atoms with E-state index in [0.717, 1.165) is 12.8 Å². The number of rotatable bonds is 6. The summed E-state index contributed by atoms with van der Waals surface area (Å²) in [6.45, 7) is 1.66. The van der Waals surface area contributed by atoms with E-state index in [1.54, 1.807) is 55.5 Å². The van der Waals surface area contributed by atoms with Crippen molar-refractivity contribution in [3.05, 3.63) is 53.6 Å². The molecule has 2 aromatic carbocycles. The van der Waals surface area contributed by atoms with Crippen LogP contribution in [0.3, 0.4) is 0 Å². The van der Waals surface area contributed by atoms with Crippen molar-refractivity contribution in [3.8, 4) is 5.75 Å². The summed E-state index contributed by atoms with van der Waals surface area (Å²) in [4.78, 5) is 24.1. The van der Waals surface area contributed by atoms with Gasteiger partial charge in [0.15, 0.2) is 6.10 Å². The van der Waals surface area contributed by atoms with Crippen LogP contribution in [0.4, 0.5) is 11.4 Å². The van der Waals surface area contributed by atoms with Crippen molar-refractivity contribution in [2.75, 3.05) is 10.6 Å². The second-order valence-corrected chi connectivity index (χ2v) is 6.49. The molecule has 0 saturated heterocycles. The number of carbonyl (C=O) groups is 2. The van der Waals surface area contributed by atoms with Gasteiger partial charge in [-0.05, 0) is 56.2 Å². The maximum Gasteiger partial charge on any atom is 0.265 e. The number of nitrogens with one attached hydrogen (secondary N) is 2. The highest BCUT2D eigenvalue weighted by Gasteiger charge is 2.29. The fraction of sp³-hybridized carbons (Fsp3) is 0.263. The van der Waals surface area contributed by atoms with Crippen molar-refractivity contribution < 1.29 is 14.3 Å². The molecule has 2 aromatic rings. The first kappa shape index (κ1) is 17.3. The van der Waals surface area contributed by atoms with Gasteiger partial charge in [-0.15, -0.1) is 0 Å². The Bertz CT molecular complexity index is 790. The van der Waals surface area contributed by atoms with Gasteiger partial charge in [0.2, 0.25) is 5.91 Å². The monoisotopic (exact) mass is 358 g/mol. The third-order valence-electron chi connectivity index (χ3n) is 3.82. The average Bonchev–Trinajstić information content (AvgIpc) is 3.40. The molecule has 6 heteroatoms. The fourth-order valence-electron chi connectivity index (χ4n) is 2.31. The van der Waals surface area contributed by atoms with Crippen LogP contribution < -0.4 is 15.4 Å². The van der Waals surface area contributed by atoms with Gasteiger partial charge < -0.3 is 15.4 Å². The molecule has 0 bridgehead atoms. The number of hydrogen-bond donors (Lipinski definition) is 2. The molecule has 1 aliphatic carbocycles. The zero-order chi connectivity index (χ0) is 17.8. The molecule has 0 spiro atoms. The molecule has 0 aliphatic heterocycles. The minimum Gasteiger partial charge on any atom is -0.481 e. The molecule has 1 fully saturated rings. The number of hydrogen-bond acceptors (Lipinski definition) is 3. The van der Waals surface area contributed by atoms with Crippen LogP contribution in [0.5, 0.6) is 5.75 Å². The fourth-order valence-corrected chi connectivity index (χ4v) is 2.49. The van der Waals surface area contributed by atoms with Gasteiger partial charge in [0.1, 0.15) is 5.75 Å². The van der Waals surface area contributed by atoms with Crippen LogP contribution in [0, 0.1) is 5.92 Å². The van der Waals surface area contributed by atoms with Crippen LogP contribution in [0.1, 0.15) is 19.8 Å². The van der Waals surface area contributed by atoms with Crippen LogP contribution >= 0.6 is 11.6 Å². The van der Waals surface area contributed by atoms with Crippen LogP contribution in [0.25, 0.3) is 0 Å². The molecule has 3 rings (SSSR count). The SMILES string of the molecule is CC(Oc1cccc(Cl)c1)C(=O)Nc1cccc(NC(=O)C2CC2)c1. The van der Waals surface area contributed by atoms with E-state index in [1.165, 1.54) is 0 Å². The summed E-state index contributed by atoms with van der Waals surface area (Å²) >= 11 is 5.91. The van der Waals surface area contributed by atoms with Crippen LogP contribution in [-0.2, 0) is 9.59 Å². The molecule has 1 unspecified atom stereocenters. The maximum atomic E-state index is 12.3. The summed E-state index contributed by atoms with van der Waals surface area (Å²) in [7, 11) is 0. The molecule has 2 N–H and O–H groups in total. The van der Waals surface area contributed by atoms with E-state index in [0.29, 0.717) is 22.1 Å². The second kappa shape index (κ2) is 7.57. The smallest absolute Gasteiger partial charge is 0.265 e. The van der Waals surface area contributed by atoms with Crippen molar-refractivity contribution in [1.29, 1.82) is 0 Å². The first-order valence-electron chi connectivity index (χ1n) is 8.15. The van der Waals surface area contributed by atoms with Gasteiger partial charge in [-0.3, -0.25) is 9.59 Å². The Balaban J connectivity index is 1.59. The van der Waals surface area contributed by atoms with Gasteiger partial charge in [0.25, 0.3) is 5.91 Å². The number of benzene rings is 2. The predicted octanol–water partition coefficient (Wildman–Crippen LogP) is 4.09. The number of amides is 2. The van der Waals surface area contributed by atoms with Crippen molar-refractivity contribution in [2.24, 2.45) is 5.92 Å². The Labute approximate surface area is 151 Å². The van der Waals surface area contributed by atoms with E-state index >= 15 is 0 Å². The molecular formula is C19H19ClN2O3. The molecule has 0 radical (unpaired) electrons. The highest BCUT2D eigenvalue weighted by molar-refractivity contribution is 6.30. The van der Waals surface area contributed by atoms with E-state index in [-0.39, 0.29) is 17.7 Å². The van der Waals surface area contributed by atoms with E-state index in [2.05, 4.69) is 10.6 Å². The number of halogens is 1. The Morgan fingerprint density at radius 2 is 1.76 bits per heavy atom. The zero-order valence-electron chi connectivity index (χ0n) is 13.8. The van der Waals surface area contributed by atoms with E-state index in [1.807, 2.05) is 0 Å². The second-order valence-electron chi connectivity index (χ2n) is 6.05. The Morgan fingerprint density at radius 3 is 2.44 bits per heavy atom. The third kappa shape index (κ3) is 4.97. The highest BCUT2D eigenvalue weighted by Crippen LogP contribution is 2.30. The molecule has 0 aromatic heterocycles. The maximum absolute atomic E-state index is 12.3. The minimum atomic E-state index is -0.692. The standard InChI is InChI=1S/C19H19ClN2O3/c1-12(25-17-7-2-4-14(20)10-17)18(23)21-15-5-3-6-16(11-15)22-19(24)13-8-9-13/h2-7,10-13H,8-9H2,1H3,(H,21,23)(H,22,24). The lowest BCUT2D eigenvalue weighted by Gasteiger charge is -2.15. The van der Waals surface area contributed by atoms with Gasteiger partial charge in [0, 0.05) is 22.3 Å². The Hall–Kier alpha value is -2.53. The summed E-state index contributed by atoms with van der Waals surface area (Å²) in [6.07, 6.45) is 1.20. The molecular weight excluding hydrogens is 340 g/mol. The van der Waals surface area contributed by atoms with Gasteiger partial charge in [0.05, 0.1) is 0 Å². The lowest BCUT2D eigenvalue weighted by atomic mass is 10.2. The van der Waals surface area contributed by atoms with Crippen LogP contribution in [0.2, 0.25) is 5.02 Å². The van der Waals surface area contributed by atoms with Crippen molar-refractivity contribution in [2.45, 2.75) is 25.9 Å². The first-order valence-corrected chi connectivity index (χ1v) is 8.53. The number of anilines is 2. The first-order chi connectivity index (χ1) is 12.0. The van der Waals surface area contributed by atoms with E-state index < -0.39 is 6.10 Å². The summed E-state index contributed by atoms with van der Waals surface area (Å²) < 4.78 is 5.60. The number of carbonyl (C=O) groups excluding carboxylic acids is 2. The topological polar surface area (TPSA) is 67.4 Å². The minimum absolute atomic E-state index is 0.0288. The van der Waals surface area contributed by atoms with Crippen molar-refractivity contribution in [1.82, 2.24) is 0 Å². The van der Waals surface area contributed by atoms with E-state index in [4.69, 9.17) is 16.3 Å². The van der Waals surface area contributed by atoms with Crippen LogP contribution in [-0.4, -0.2) is 17.9 Å². The molecule has 130 valence electrons. The quantitative estimate of drug-likeness (QED) is 0.817. The summed E-state index contributed by atoms with van der Waals surface area (Å²) in [6, 6.07) is 13.9. The molecule has 1 saturated carbocycles. The van der Waals surface area contributed by atoms with Gasteiger partial charge in [-0.2, -0.15) is 0 Å². The highest BCUT2D eigenvalue weighted by atomic mass is 35.5. The Kier molecular flexibility index (Phi) is 5.24. The third-order valence-corrected chi connectivity index (χ3v) is 4.06. The van der Waals surface area contributed by atoms with Gasteiger partial charge in [-0.25, -0.2) is 0 Å². The van der Waals surface area contributed by atoms with Crippen LogP contribution in [0.15, 0.2) is 48.5 Å². The molecule has 25 heavy (non-hydrogen) atoms. The van der Waals surface area contributed by atoms with Crippen molar-refractivity contribution >= 4 is 34.8 Å². The lowest BCUT2D eigenvalue weighted by molar-refractivity contribution is -0.122. The molecule has 5 nitrogen and oxygen atoms in total. The largest absolute Gasteiger partial charge is 0.481 e. The van der Waals surface area contributed by atoms with Gasteiger partial charge >= 0.3 is 0 Å². The zero-order valence-corrected chi connectivity index (χ0v) is 14.5. The van der Waals surface area contributed by atoms with E-state index in [9.17, 15) is 9.59 Å². The average molecular weight is 359 g/mol. The molecule has 0 heterocycles. The van der Waals surface area contributed by atoms with Crippen molar-refractivity contribution in [3.63, 3.8) is 0 Å². The normalized spacial score (nSPS) is 14.5. The Morgan fingerprint density at radius 1 is 1.08 bits per heavy atom. The number of ether oxygens (including phenoxy) is 1.